The lowest BCUT2D eigenvalue weighted by Gasteiger charge is -2.15. The number of rotatable bonds is 4. The van der Waals surface area contributed by atoms with Crippen LogP contribution < -0.4 is 11.3 Å². The Bertz CT molecular complexity index is 524. The zero-order valence-corrected chi connectivity index (χ0v) is 9.92. The van der Waals surface area contributed by atoms with E-state index in [0.29, 0.717) is 18.1 Å². The highest BCUT2D eigenvalue weighted by atomic mass is 16.2. The number of nitrogen functional groups attached to an aromatic ring is 1. The molecule has 0 aliphatic carbocycles. The van der Waals surface area contributed by atoms with Gasteiger partial charge in [0.1, 0.15) is 17.3 Å². The van der Waals surface area contributed by atoms with E-state index in [0.717, 1.165) is 5.82 Å². The fourth-order valence-corrected chi connectivity index (χ4v) is 1.51. The number of hydrogen-bond acceptors (Lipinski definition) is 5. The molecular weight excluding hydrogens is 232 g/mol. The number of amides is 1. The molecule has 2 aromatic rings. The van der Waals surface area contributed by atoms with Crippen LogP contribution >= 0.6 is 0 Å². The molecular formula is C11H14N6O. The Morgan fingerprint density at radius 2 is 2.39 bits per heavy atom. The summed E-state index contributed by atoms with van der Waals surface area (Å²) >= 11 is 0. The minimum atomic E-state index is -0.191. The van der Waals surface area contributed by atoms with E-state index in [2.05, 4.69) is 20.4 Å². The first kappa shape index (κ1) is 12.1. The first-order chi connectivity index (χ1) is 8.70. The standard InChI is InChI=1S/C11H14N6O/c1-17(7-10-13-5-6-14-10)11(18)8-3-2-4-9(15-8)16-12/h2-6H,7,12H2,1H3,(H,13,14)(H,15,16). The molecule has 7 heteroatoms. The van der Waals surface area contributed by atoms with Gasteiger partial charge in [0.2, 0.25) is 0 Å². The SMILES string of the molecule is CN(Cc1ncc[nH]1)C(=O)c1cccc(NN)n1. The molecule has 0 aliphatic rings. The van der Waals surface area contributed by atoms with Crippen LogP contribution in [0.1, 0.15) is 16.3 Å². The molecule has 0 radical (unpaired) electrons. The Morgan fingerprint density at radius 3 is 3.06 bits per heavy atom. The number of carbonyl (C=O) groups excluding carboxylic acids is 1. The van der Waals surface area contributed by atoms with Crippen LogP contribution in [0.5, 0.6) is 0 Å². The normalized spacial score (nSPS) is 10.1. The Kier molecular flexibility index (Phi) is 3.54. The number of nitrogens with one attached hydrogen (secondary N) is 2. The second-order valence-corrected chi connectivity index (χ2v) is 3.75. The van der Waals surface area contributed by atoms with Crippen LogP contribution in [0.25, 0.3) is 0 Å². The van der Waals surface area contributed by atoms with Gasteiger partial charge in [-0.25, -0.2) is 15.8 Å². The van der Waals surface area contributed by atoms with Gasteiger partial charge in [-0.3, -0.25) is 4.79 Å². The Morgan fingerprint density at radius 1 is 1.56 bits per heavy atom. The molecule has 18 heavy (non-hydrogen) atoms. The number of nitrogens with two attached hydrogens (primary N) is 1. The first-order valence-electron chi connectivity index (χ1n) is 5.38. The lowest BCUT2D eigenvalue weighted by molar-refractivity contribution is 0.0776. The maximum atomic E-state index is 12.1. The van der Waals surface area contributed by atoms with Crippen molar-refractivity contribution in [2.24, 2.45) is 5.84 Å². The number of aromatic nitrogens is 3. The molecule has 2 heterocycles. The third-order valence-electron chi connectivity index (χ3n) is 2.40. The second kappa shape index (κ2) is 5.28. The van der Waals surface area contributed by atoms with Crippen LogP contribution in [0, 0.1) is 0 Å². The van der Waals surface area contributed by atoms with Crippen LogP contribution in [0.2, 0.25) is 0 Å². The molecule has 0 fully saturated rings. The smallest absolute Gasteiger partial charge is 0.272 e. The second-order valence-electron chi connectivity index (χ2n) is 3.75. The van der Waals surface area contributed by atoms with Crippen molar-refractivity contribution in [2.45, 2.75) is 6.54 Å². The zero-order chi connectivity index (χ0) is 13.0. The number of anilines is 1. The summed E-state index contributed by atoms with van der Waals surface area (Å²) in [4.78, 5) is 24.7. The van der Waals surface area contributed by atoms with Crippen molar-refractivity contribution in [1.82, 2.24) is 19.9 Å². The number of hydrogen-bond donors (Lipinski definition) is 3. The highest BCUT2D eigenvalue weighted by Gasteiger charge is 2.14. The van der Waals surface area contributed by atoms with Crippen LogP contribution in [0.15, 0.2) is 30.6 Å². The van der Waals surface area contributed by atoms with Gasteiger partial charge in [-0.2, -0.15) is 0 Å². The van der Waals surface area contributed by atoms with Crippen molar-refractivity contribution in [1.29, 1.82) is 0 Å². The zero-order valence-electron chi connectivity index (χ0n) is 9.92. The first-order valence-corrected chi connectivity index (χ1v) is 5.38. The fourth-order valence-electron chi connectivity index (χ4n) is 1.51. The summed E-state index contributed by atoms with van der Waals surface area (Å²) in [7, 11) is 1.69. The number of imidazole rings is 1. The molecule has 0 unspecified atom stereocenters. The van der Waals surface area contributed by atoms with Gasteiger partial charge in [-0.05, 0) is 12.1 Å². The molecule has 0 aromatic carbocycles. The fraction of sp³-hybridized carbons (Fsp3) is 0.182. The molecule has 94 valence electrons. The third kappa shape index (κ3) is 2.64. The predicted molar refractivity (Wildman–Crippen MR) is 66.4 cm³/mol. The molecule has 2 rings (SSSR count). The molecule has 4 N–H and O–H groups in total. The van der Waals surface area contributed by atoms with E-state index in [-0.39, 0.29) is 5.91 Å². The van der Waals surface area contributed by atoms with Crippen molar-refractivity contribution < 1.29 is 4.79 Å². The monoisotopic (exact) mass is 246 g/mol. The van der Waals surface area contributed by atoms with Crippen molar-refractivity contribution in [3.8, 4) is 0 Å². The van der Waals surface area contributed by atoms with Crippen molar-refractivity contribution >= 4 is 11.7 Å². The quantitative estimate of drug-likeness (QED) is 0.534. The van der Waals surface area contributed by atoms with Crippen molar-refractivity contribution in [3.05, 3.63) is 42.1 Å². The van der Waals surface area contributed by atoms with Gasteiger partial charge < -0.3 is 15.3 Å². The van der Waals surface area contributed by atoms with E-state index < -0.39 is 0 Å². The summed E-state index contributed by atoms with van der Waals surface area (Å²) in [5.74, 6) is 6.23. The molecule has 0 aliphatic heterocycles. The summed E-state index contributed by atoms with van der Waals surface area (Å²) in [5.41, 5.74) is 2.74. The molecule has 0 spiro atoms. The van der Waals surface area contributed by atoms with Crippen LogP contribution in [-0.2, 0) is 6.54 Å². The Balaban J connectivity index is 2.10. The third-order valence-corrected chi connectivity index (χ3v) is 2.40. The van der Waals surface area contributed by atoms with E-state index in [1.807, 2.05) is 0 Å². The van der Waals surface area contributed by atoms with Crippen molar-refractivity contribution in [3.63, 3.8) is 0 Å². The number of H-pyrrole nitrogens is 1. The molecule has 1 amide bonds. The minimum Gasteiger partial charge on any atom is -0.347 e. The summed E-state index contributed by atoms with van der Waals surface area (Å²) in [6, 6.07) is 5.04. The number of aromatic amines is 1. The average Bonchev–Trinajstić information content (AvgIpc) is 2.90. The van der Waals surface area contributed by atoms with Crippen LogP contribution in [0.4, 0.5) is 5.82 Å². The van der Waals surface area contributed by atoms with Gasteiger partial charge in [0, 0.05) is 19.4 Å². The highest BCUT2D eigenvalue weighted by Crippen LogP contribution is 2.07. The highest BCUT2D eigenvalue weighted by molar-refractivity contribution is 5.92. The molecule has 0 saturated carbocycles. The predicted octanol–water partition coefficient (Wildman–Crippen LogP) is 0.362. The van der Waals surface area contributed by atoms with Gasteiger partial charge in [0.25, 0.3) is 5.91 Å². The molecule has 0 bridgehead atoms. The van der Waals surface area contributed by atoms with Crippen LogP contribution in [-0.4, -0.2) is 32.8 Å². The topological polar surface area (TPSA) is 99.9 Å². The minimum absolute atomic E-state index is 0.191. The van der Waals surface area contributed by atoms with E-state index in [4.69, 9.17) is 5.84 Å². The number of nitrogens with zero attached hydrogens (tertiary/aromatic N) is 3. The number of carbonyl (C=O) groups is 1. The summed E-state index contributed by atoms with van der Waals surface area (Å²) in [6.07, 6.45) is 3.36. The van der Waals surface area contributed by atoms with Gasteiger partial charge >= 0.3 is 0 Å². The number of hydrazine groups is 1. The molecule has 0 atom stereocenters. The molecule has 7 nitrogen and oxygen atoms in total. The molecule has 2 aromatic heterocycles. The molecule has 0 saturated heterocycles. The maximum Gasteiger partial charge on any atom is 0.272 e. The Hall–Kier alpha value is -2.41. The van der Waals surface area contributed by atoms with E-state index >= 15 is 0 Å². The van der Waals surface area contributed by atoms with Crippen molar-refractivity contribution in [2.75, 3.05) is 12.5 Å². The van der Waals surface area contributed by atoms with Gasteiger partial charge in [0.15, 0.2) is 0 Å². The maximum absolute atomic E-state index is 12.1. The van der Waals surface area contributed by atoms with Gasteiger partial charge in [0.05, 0.1) is 6.54 Å². The largest absolute Gasteiger partial charge is 0.347 e. The summed E-state index contributed by atoms with van der Waals surface area (Å²) in [6.45, 7) is 0.397. The summed E-state index contributed by atoms with van der Waals surface area (Å²) in [5, 5.41) is 0. The lowest BCUT2D eigenvalue weighted by Crippen LogP contribution is -2.27. The lowest BCUT2D eigenvalue weighted by atomic mass is 10.3. The van der Waals surface area contributed by atoms with Gasteiger partial charge in [-0.1, -0.05) is 6.07 Å². The average molecular weight is 246 g/mol. The van der Waals surface area contributed by atoms with E-state index in [1.165, 1.54) is 4.90 Å². The summed E-state index contributed by atoms with van der Waals surface area (Å²) < 4.78 is 0. The van der Waals surface area contributed by atoms with E-state index in [1.54, 1.807) is 37.6 Å². The number of pyridine rings is 1. The van der Waals surface area contributed by atoms with Crippen LogP contribution in [0.3, 0.4) is 0 Å². The van der Waals surface area contributed by atoms with Gasteiger partial charge in [-0.15, -0.1) is 0 Å². The Labute approximate surface area is 104 Å². The van der Waals surface area contributed by atoms with E-state index in [9.17, 15) is 4.79 Å².